The summed E-state index contributed by atoms with van der Waals surface area (Å²) < 4.78 is 5.77. The molecule has 74 valence electrons. The molecule has 0 bridgehead atoms. The van der Waals surface area contributed by atoms with Crippen LogP contribution >= 0.6 is 15.9 Å². The van der Waals surface area contributed by atoms with E-state index in [4.69, 9.17) is 15.4 Å². The van der Waals surface area contributed by atoms with Gasteiger partial charge in [0.2, 0.25) is 0 Å². The van der Waals surface area contributed by atoms with Crippen LogP contribution in [0.25, 0.3) is 10.4 Å². The van der Waals surface area contributed by atoms with E-state index in [1.54, 1.807) is 12.1 Å². The van der Waals surface area contributed by atoms with Crippen molar-refractivity contribution in [3.63, 3.8) is 0 Å². The van der Waals surface area contributed by atoms with Gasteiger partial charge < -0.3 is 9.84 Å². The summed E-state index contributed by atoms with van der Waals surface area (Å²) in [6.07, 6.45) is 0. The minimum Gasteiger partial charge on any atom is -0.496 e. The van der Waals surface area contributed by atoms with Crippen molar-refractivity contribution in [3.05, 3.63) is 32.6 Å². The molecule has 1 N–H and O–H groups in total. The molecule has 0 unspecified atom stereocenters. The lowest BCUT2D eigenvalue weighted by Crippen LogP contribution is -1.89. The van der Waals surface area contributed by atoms with Crippen molar-refractivity contribution >= 4 is 21.6 Å². The van der Waals surface area contributed by atoms with E-state index in [1.165, 1.54) is 7.11 Å². The highest BCUT2D eigenvalue weighted by Crippen LogP contribution is 2.35. The second-order valence-corrected chi connectivity index (χ2v) is 3.38. The monoisotopic (exact) mass is 257 g/mol. The Hall–Kier alpha value is -1.23. The smallest absolute Gasteiger partial charge is 0.129 e. The largest absolute Gasteiger partial charge is 0.496 e. The quantitative estimate of drug-likeness (QED) is 0.514. The van der Waals surface area contributed by atoms with Gasteiger partial charge in [-0.05, 0) is 23.2 Å². The first-order valence-electron chi connectivity index (χ1n) is 3.75. The Kier molecular flexibility index (Phi) is 3.76. The lowest BCUT2D eigenvalue weighted by atomic mass is 10.2. The minimum absolute atomic E-state index is 0.204. The molecule has 0 heterocycles. The normalized spacial score (nSPS) is 9.36. The van der Waals surface area contributed by atoms with Crippen LogP contribution in [0.4, 0.5) is 5.69 Å². The van der Waals surface area contributed by atoms with Crippen molar-refractivity contribution in [2.45, 2.75) is 6.61 Å². The van der Waals surface area contributed by atoms with Gasteiger partial charge in [-0.15, -0.1) is 0 Å². The van der Waals surface area contributed by atoms with Crippen LogP contribution in [0.1, 0.15) is 5.56 Å². The lowest BCUT2D eigenvalue weighted by molar-refractivity contribution is 0.281. The molecular formula is C8H8BrN3O2. The lowest BCUT2D eigenvalue weighted by Gasteiger charge is -2.08. The third-order valence-electron chi connectivity index (χ3n) is 1.65. The highest BCUT2D eigenvalue weighted by molar-refractivity contribution is 9.10. The van der Waals surface area contributed by atoms with Crippen LogP contribution in [0.15, 0.2) is 21.7 Å². The number of methoxy groups -OCH3 is 1. The maximum atomic E-state index is 9.03. The number of hydrogen-bond donors (Lipinski definition) is 1. The number of nitrogens with zero attached hydrogens (tertiary/aromatic N) is 3. The number of azide groups is 1. The Morgan fingerprint density at radius 3 is 2.86 bits per heavy atom. The van der Waals surface area contributed by atoms with E-state index >= 15 is 0 Å². The molecule has 1 aromatic carbocycles. The topological polar surface area (TPSA) is 78.2 Å². The van der Waals surface area contributed by atoms with Crippen molar-refractivity contribution < 1.29 is 9.84 Å². The van der Waals surface area contributed by atoms with E-state index in [0.29, 0.717) is 17.0 Å². The van der Waals surface area contributed by atoms with Gasteiger partial charge >= 0.3 is 0 Å². The van der Waals surface area contributed by atoms with Crippen LogP contribution < -0.4 is 4.74 Å². The summed E-state index contributed by atoms with van der Waals surface area (Å²) in [4.78, 5) is 2.67. The van der Waals surface area contributed by atoms with Crippen molar-refractivity contribution in [1.82, 2.24) is 0 Å². The molecule has 0 atom stereocenters. The van der Waals surface area contributed by atoms with Crippen molar-refractivity contribution in [2.24, 2.45) is 5.11 Å². The summed E-state index contributed by atoms with van der Waals surface area (Å²) in [6.45, 7) is -0.204. The van der Waals surface area contributed by atoms with E-state index in [2.05, 4.69) is 26.0 Å². The molecule has 5 nitrogen and oxygen atoms in total. The van der Waals surface area contributed by atoms with Gasteiger partial charge in [0.25, 0.3) is 0 Å². The molecular weight excluding hydrogens is 250 g/mol. The predicted molar refractivity (Wildman–Crippen MR) is 55.4 cm³/mol. The van der Waals surface area contributed by atoms with E-state index in [9.17, 15) is 0 Å². The Balaban J connectivity index is 3.39. The second kappa shape index (κ2) is 4.85. The molecule has 0 amide bonds. The van der Waals surface area contributed by atoms with Crippen LogP contribution in [0.3, 0.4) is 0 Å². The highest BCUT2D eigenvalue weighted by atomic mass is 79.9. The van der Waals surface area contributed by atoms with Gasteiger partial charge in [0.15, 0.2) is 0 Å². The van der Waals surface area contributed by atoms with Gasteiger partial charge in [-0.2, -0.15) is 0 Å². The summed E-state index contributed by atoms with van der Waals surface area (Å²) in [7, 11) is 1.47. The molecule has 0 fully saturated rings. The van der Waals surface area contributed by atoms with E-state index in [0.717, 1.165) is 4.47 Å². The van der Waals surface area contributed by atoms with Gasteiger partial charge in [-0.1, -0.05) is 21.0 Å². The first-order chi connectivity index (χ1) is 6.72. The number of aliphatic hydroxyl groups is 1. The van der Waals surface area contributed by atoms with Gasteiger partial charge in [0.1, 0.15) is 5.75 Å². The standard InChI is InChI=1S/C8H8BrN3O2/c1-14-7-3-6(9)2-5(4-13)8(7)11-12-10/h2-3,13H,4H2,1H3. The SMILES string of the molecule is COc1cc(Br)cc(CO)c1N=[N+]=[N-]. The van der Waals surface area contributed by atoms with Crippen LogP contribution in [-0.2, 0) is 6.61 Å². The second-order valence-electron chi connectivity index (χ2n) is 2.46. The van der Waals surface area contributed by atoms with Crippen molar-refractivity contribution in [2.75, 3.05) is 7.11 Å². The van der Waals surface area contributed by atoms with E-state index in [-0.39, 0.29) is 6.61 Å². The first-order valence-corrected chi connectivity index (χ1v) is 4.54. The molecule has 0 saturated carbocycles. The molecule has 6 heteroatoms. The average molecular weight is 258 g/mol. The summed E-state index contributed by atoms with van der Waals surface area (Å²) in [5.74, 6) is 0.432. The molecule has 14 heavy (non-hydrogen) atoms. The molecule has 1 rings (SSSR count). The number of benzene rings is 1. The third kappa shape index (κ3) is 2.17. The zero-order chi connectivity index (χ0) is 10.6. The predicted octanol–water partition coefficient (Wildman–Crippen LogP) is 2.89. The van der Waals surface area contributed by atoms with E-state index in [1.807, 2.05) is 0 Å². The summed E-state index contributed by atoms with van der Waals surface area (Å²) in [6, 6.07) is 3.34. The molecule has 0 aliphatic rings. The number of hydrogen-bond acceptors (Lipinski definition) is 3. The zero-order valence-corrected chi connectivity index (χ0v) is 9.02. The maximum absolute atomic E-state index is 9.03. The van der Waals surface area contributed by atoms with Crippen LogP contribution in [0.2, 0.25) is 0 Å². The average Bonchev–Trinajstić information content (AvgIpc) is 2.20. The summed E-state index contributed by atoms with van der Waals surface area (Å²) in [5, 5.41) is 12.5. The fourth-order valence-corrected chi connectivity index (χ4v) is 1.55. The number of ether oxygens (including phenoxy) is 1. The van der Waals surface area contributed by atoms with Gasteiger partial charge in [0.05, 0.1) is 19.4 Å². The number of rotatable bonds is 3. The van der Waals surface area contributed by atoms with Gasteiger partial charge in [-0.3, -0.25) is 0 Å². The Bertz CT molecular complexity index is 363. The van der Waals surface area contributed by atoms with Crippen LogP contribution in [-0.4, -0.2) is 12.2 Å². The Morgan fingerprint density at radius 1 is 1.64 bits per heavy atom. The molecule has 0 saturated heterocycles. The molecule has 0 aliphatic carbocycles. The zero-order valence-electron chi connectivity index (χ0n) is 7.44. The molecule has 0 radical (unpaired) electrons. The number of halogens is 1. The number of aliphatic hydroxyl groups excluding tert-OH is 1. The highest BCUT2D eigenvalue weighted by Gasteiger charge is 2.08. The van der Waals surface area contributed by atoms with Gasteiger partial charge in [-0.25, -0.2) is 0 Å². The third-order valence-corrected chi connectivity index (χ3v) is 2.11. The molecule has 0 aliphatic heterocycles. The van der Waals surface area contributed by atoms with Crippen LogP contribution in [0, 0.1) is 0 Å². The molecule has 0 aromatic heterocycles. The Labute approximate surface area is 89.1 Å². The molecule has 0 spiro atoms. The summed E-state index contributed by atoms with van der Waals surface area (Å²) in [5.41, 5.74) is 9.18. The summed E-state index contributed by atoms with van der Waals surface area (Å²) >= 11 is 3.25. The maximum Gasteiger partial charge on any atom is 0.129 e. The van der Waals surface area contributed by atoms with E-state index < -0.39 is 0 Å². The fourth-order valence-electron chi connectivity index (χ4n) is 1.06. The molecule has 1 aromatic rings. The van der Waals surface area contributed by atoms with Crippen LogP contribution in [0.5, 0.6) is 5.75 Å². The van der Waals surface area contributed by atoms with Crippen molar-refractivity contribution in [3.8, 4) is 5.75 Å². The first kappa shape index (κ1) is 10.8. The fraction of sp³-hybridized carbons (Fsp3) is 0.250. The van der Waals surface area contributed by atoms with Crippen molar-refractivity contribution in [1.29, 1.82) is 0 Å². The Morgan fingerprint density at radius 2 is 2.36 bits per heavy atom. The minimum atomic E-state index is -0.204. The van der Waals surface area contributed by atoms with Gasteiger partial charge in [0, 0.05) is 9.38 Å².